The molecule has 1 aliphatic carbocycles. The largest absolute Gasteiger partial charge is 0.347 e. The van der Waals surface area contributed by atoms with Gasteiger partial charge in [-0.05, 0) is 38.0 Å². The fourth-order valence-corrected chi connectivity index (χ4v) is 2.82. The first kappa shape index (κ1) is 13.4. The minimum Gasteiger partial charge on any atom is -0.347 e. The van der Waals surface area contributed by atoms with E-state index in [1.165, 1.54) is 12.8 Å². The summed E-state index contributed by atoms with van der Waals surface area (Å²) in [6.45, 7) is 4.15. The predicted octanol–water partition coefficient (Wildman–Crippen LogP) is 3.81. The van der Waals surface area contributed by atoms with E-state index in [4.69, 9.17) is 11.6 Å². The molecule has 0 spiro atoms. The van der Waals surface area contributed by atoms with Crippen molar-refractivity contribution in [1.82, 2.24) is 10.3 Å². The van der Waals surface area contributed by atoms with Gasteiger partial charge in [0.15, 0.2) is 0 Å². The van der Waals surface area contributed by atoms with Gasteiger partial charge < -0.3 is 5.32 Å². The van der Waals surface area contributed by atoms with Crippen LogP contribution in [0, 0.1) is 5.92 Å². The molecule has 0 aliphatic heterocycles. The number of fused-ring (bicyclic) bond motifs is 1. The number of carbonyl (C=O) groups excluding carboxylic acids is 1. The molecule has 1 N–H and O–H groups in total. The van der Waals surface area contributed by atoms with Crippen molar-refractivity contribution in [3.8, 4) is 0 Å². The Balaban J connectivity index is 1.97. The molecule has 1 heterocycles. The summed E-state index contributed by atoms with van der Waals surface area (Å²) in [5, 5.41) is 5.21. The monoisotopic (exact) mass is 288 g/mol. The summed E-state index contributed by atoms with van der Waals surface area (Å²) in [5.74, 6) is 0.500. The molecule has 1 aromatic heterocycles. The highest BCUT2D eigenvalue weighted by atomic mass is 35.5. The van der Waals surface area contributed by atoms with Gasteiger partial charge in [-0.2, -0.15) is 0 Å². The highest BCUT2D eigenvalue weighted by Gasteiger charge is 2.39. The SMILES string of the molecule is CC(C)(NC(=O)c1cnc(Cl)c2ccccc12)C1CC1. The number of hydrogen-bond acceptors (Lipinski definition) is 2. The van der Waals surface area contributed by atoms with E-state index < -0.39 is 0 Å². The summed E-state index contributed by atoms with van der Waals surface area (Å²) in [7, 11) is 0. The van der Waals surface area contributed by atoms with Crippen LogP contribution in [0.1, 0.15) is 37.0 Å². The van der Waals surface area contributed by atoms with Gasteiger partial charge in [-0.3, -0.25) is 4.79 Å². The van der Waals surface area contributed by atoms with E-state index in [0.29, 0.717) is 16.6 Å². The van der Waals surface area contributed by atoms with E-state index in [2.05, 4.69) is 24.1 Å². The van der Waals surface area contributed by atoms with Crippen LogP contribution in [0.4, 0.5) is 0 Å². The molecule has 0 unspecified atom stereocenters. The molecule has 1 amide bonds. The van der Waals surface area contributed by atoms with Crippen molar-refractivity contribution < 1.29 is 4.79 Å². The number of carbonyl (C=O) groups is 1. The number of halogens is 1. The van der Waals surface area contributed by atoms with Crippen LogP contribution in [-0.4, -0.2) is 16.4 Å². The third-order valence-corrected chi connectivity index (χ3v) is 4.33. The normalized spacial score (nSPS) is 15.3. The molecule has 0 saturated heterocycles. The molecule has 0 radical (unpaired) electrons. The highest BCUT2D eigenvalue weighted by Crippen LogP contribution is 2.39. The zero-order valence-electron chi connectivity index (χ0n) is 11.6. The molecule has 0 atom stereocenters. The van der Waals surface area contributed by atoms with E-state index in [-0.39, 0.29) is 11.4 Å². The molecule has 3 nitrogen and oxygen atoms in total. The minimum absolute atomic E-state index is 0.0812. The lowest BCUT2D eigenvalue weighted by atomic mass is 9.97. The van der Waals surface area contributed by atoms with E-state index in [0.717, 1.165) is 10.8 Å². The van der Waals surface area contributed by atoms with Crippen LogP contribution in [0.2, 0.25) is 5.15 Å². The molecule has 3 rings (SSSR count). The molecule has 1 fully saturated rings. The van der Waals surface area contributed by atoms with Crippen molar-refractivity contribution in [3.63, 3.8) is 0 Å². The second-order valence-electron chi connectivity index (χ2n) is 5.96. The molecular formula is C16H17ClN2O. The van der Waals surface area contributed by atoms with Gasteiger partial charge in [0.05, 0.1) is 5.56 Å². The molecule has 4 heteroatoms. The van der Waals surface area contributed by atoms with Crippen molar-refractivity contribution in [2.75, 3.05) is 0 Å². The number of rotatable bonds is 3. The summed E-state index contributed by atoms with van der Waals surface area (Å²) >= 11 is 6.08. The Morgan fingerprint density at radius 3 is 2.60 bits per heavy atom. The first-order valence-corrected chi connectivity index (χ1v) is 7.22. The van der Waals surface area contributed by atoms with Crippen LogP contribution in [0.3, 0.4) is 0 Å². The Morgan fingerprint density at radius 2 is 1.95 bits per heavy atom. The summed E-state index contributed by atoms with van der Waals surface area (Å²) in [6, 6.07) is 7.59. The summed E-state index contributed by atoms with van der Waals surface area (Å²) in [5.41, 5.74) is 0.413. The molecule has 2 aromatic rings. The van der Waals surface area contributed by atoms with Crippen LogP contribution < -0.4 is 5.32 Å². The zero-order valence-corrected chi connectivity index (χ0v) is 12.4. The molecule has 0 bridgehead atoms. The van der Waals surface area contributed by atoms with Crippen LogP contribution in [0.15, 0.2) is 30.5 Å². The third-order valence-electron chi connectivity index (χ3n) is 4.02. The number of benzene rings is 1. The average Bonchev–Trinajstić information content (AvgIpc) is 3.23. The van der Waals surface area contributed by atoms with Gasteiger partial charge in [0, 0.05) is 17.1 Å². The molecular weight excluding hydrogens is 272 g/mol. The first-order chi connectivity index (χ1) is 9.49. The standard InChI is InChI=1S/C16H17ClN2O/c1-16(2,10-7-8-10)19-15(20)13-9-18-14(17)12-6-4-3-5-11(12)13/h3-6,9-10H,7-8H2,1-2H3,(H,19,20). The topological polar surface area (TPSA) is 42.0 Å². The van der Waals surface area contributed by atoms with Gasteiger partial charge in [0.1, 0.15) is 5.15 Å². The van der Waals surface area contributed by atoms with Crippen molar-refractivity contribution in [2.45, 2.75) is 32.2 Å². The minimum atomic E-state index is -0.169. The number of nitrogens with zero attached hydrogens (tertiary/aromatic N) is 1. The Kier molecular flexibility index (Phi) is 3.17. The smallest absolute Gasteiger partial charge is 0.253 e. The van der Waals surface area contributed by atoms with E-state index in [1.807, 2.05) is 24.3 Å². The second-order valence-corrected chi connectivity index (χ2v) is 6.32. The molecule has 20 heavy (non-hydrogen) atoms. The third kappa shape index (κ3) is 2.38. The Bertz CT molecular complexity index is 677. The van der Waals surface area contributed by atoms with E-state index in [9.17, 15) is 4.79 Å². The number of pyridine rings is 1. The Hall–Kier alpha value is -1.61. The Morgan fingerprint density at radius 1 is 1.30 bits per heavy atom. The van der Waals surface area contributed by atoms with Gasteiger partial charge in [0.25, 0.3) is 5.91 Å². The summed E-state index contributed by atoms with van der Waals surface area (Å²) in [4.78, 5) is 16.6. The van der Waals surface area contributed by atoms with Gasteiger partial charge in [-0.15, -0.1) is 0 Å². The summed E-state index contributed by atoms with van der Waals surface area (Å²) in [6.07, 6.45) is 3.93. The quantitative estimate of drug-likeness (QED) is 0.873. The average molecular weight is 289 g/mol. The zero-order chi connectivity index (χ0) is 14.3. The maximum atomic E-state index is 12.5. The lowest BCUT2D eigenvalue weighted by Gasteiger charge is -2.26. The summed E-state index contributed by atoms with van der Waals surface area (Å²) < 4.78 is 0. The first-order valence-electron chi connectivity index (χ1n) is 6.85. The molecule has 1 saturated carbocycles. The second kappa shape index (κ2) is 4.74. The maximum absolute atomic E-state index is 12.5. The van der Waals surface area contributed by atoms with E-state index >= 15 is 0 Å². The fourth-order valence-electron chi connectivity index (χ4n) is 2.61. The van der Waals surface area contributed by atoms with Crippen molar-refractivity contribution in [3.05, 3.63) is 41.2 Å². The fraction of sp³-hybridized carbons (Fsp3) is 0.375. The highest BCUT2D eigenvalue weighted by molar-refractivity contribution is 6.34. The number of amides is 1. The van der Waals surface area contributed by atoms with E-state index in [1.54, 1.807) is 6.20 Å². The molecule has 104 valence electrons. The van der Waals surface area contributed by atoms with Gasteiger partial charge >= 0.3 is 0 Å². The lowest BCUT2D eigenvalue weighted by molar-refractivity contribution is 0.0905. The number of hydrogen-bond donors (Lipinski definition) is 1. The number of nitrogens with one attached hydrogen (secondary N) is 1. The van der Waals surface area contributed by atoms with Gasteiger partial charge in [-0.1, -0.05) is 35.9 Å². The molecule has 1 aliphatic rings. The van der Waals surface area contributed by atoms with Gasteiger partial charge in [0.2, 0.25) is 0 Å². The van der Waals surface area contributed by atoms with Crippen LogP contribution in [-0.2, 0) is 0 Å². The van der Waals surface area contributed by atoms with Crippen LogP contribution in [0.25, 0.3) is 10.8 Å². The number of aromatic nitrogens is 1. The van der Waals surface area contributed by atoms with Gasteiger partial charge in [-0.25, -0.2) is 4.98 Å². The Labute approximate surface area is 123 Å². The van der Waals surface area contributed by atoms with Crippen molar-refractivity contribution >= 4 is 28.3 Å². The van der Waals surface area contributed by atoms with Crippen LogP contribution in [0.5, 0.6) is 0 Å². The maximum Gasteiger partial charge on any atom is 0.253 e. The van der Waals surface area contributed by atoms with Crippen molar-refractivity contribution in [2.24, 2.45) is 5.92 Å². The van der Waals surface area contributed by atoms with Crippen molar-refractivity contribution in [1.29, 1.82) is 0 Å². The van der Waals surface area contributed by atoms with Crippen LogP contribution >= 0.6 is 11.6 Å². The lowest BCUT2D eigenvalue weighted by Crippen LogP contribution is -2.45. The predicted molar refractivity (Wildman–Crippen MR) is 81.0 cm³/mol. The molecule has 1 aromatic carbocycles.